The fourth-order valence-corrected chi connectivity index (χ4v) is 7.95. The maximum atomic E-state index is 13.4. The first-order valence-corrected chi connectivity index (χ1v) is 11.2. The molecule has 2 bridgehead atoms. The van der Waals surface area contributed by atoms with Crippen LogP contribution in [-0.2, 0) is 14.4 Å². The van der Waals surface area contributed by atoms with Gasteiger partial charge in [-0.3, -0.25) is 14.4 Å². The quantitative estimate of drug-likeness (QED) is 0.551. The number of aliphatic hydroxyl groups excluding tert-OH is 1. The smallest absolute Gasteiger partial charge is 0.244 e. The lowest BCUT2D eigenvalue weighted by Gasteiger charge is -2.35. The van der Waals surface area contributed by atoms with Crippen molar-refractivity contribution >= 4 is 29.5 Å². The molecule has 0 saturated carbocycles. The van der Waals surface area contributed by atoms with Gasteiger partial charge in [-0.2, -0.15) is 0 Å². The van der Waals surface area contributed by atoms with E-state index in [4.69, 9.17) is 0 Å². The van der Waals surface area contributed by atoms with Gasteiger partial charge in [-0.25, -0.2) is 0 Å². The predicted molar refractivity (Wildman–Crippen MR) is 109 cm³/mol. The second kappa shape index (κ2) is 7.86. The summed E-state index contributed by atoms with van der Waals surface area (Å²) >= 11 is 1.67. The number of aliphatic hydroxyl groups is 1. The standard InChI is InChI=1S/C20H33N3O4S/c1-5-7-12(2)22-17(26)15-20-9-8-19(3,28-20)13(16(25)21-4)14(20)18(27)23(15)10-6-11-24/h12-15,24H,5-11H2,1-4H3,(H,21,25)(H,22,26)/t12?,13-,14-,15?,19+,20?/m0/s1. The van der Waals surface area contributed by atoms with Gasteiger partial charge in [0, 0.05) is 31.0 Å². The van der Waals surface area contributed by atoms with Crippen LogP contribution < -0.4 is 10.6 Å². The molecule has 3 aliphatic rings. The molecule has 8 heteroatoms. The fraction of sp³-hybridized carbons (Fsp3) is 0.850. The minimum atomic E-state index is -0.586. The summed E-state index contributed by atoms with van der Waals surface area (Å²) in [5.74, 6) is -1.25. The number of carbonyl (C=O) groups excluding carboxylic acids is 3. The highest BCUT2D eigenvalue weighted by atomic mass is 32.2. The monoisotopic (exact) mass is 411 g/mol. The molecule has 7 nitrogen and oxygen atoms in total. The molecule has 3 saturated heterocycles. The van der Waals surface area contributed by atoms with Crippen molar-refractivity contribution in [1.29, 1.82) is 0 Å². The number of rotatable bonds is 8. The second-order valence-electron chi connectivity index (χ2n) is 8.65. The van der Waals surface area contributed by atoms with Crippen LogP contribution in [0.1, 0.15) is 52.9 Å². The molecule has 0 aromatic rings. The third-order valence-electron chi connectivity index (χ3n) is 6.72. The molecule has 28 heavy (non-hydrogen) atoms. The van der Waals surface area contributed by atoms with Crippen LogP contribution in [0, 0.1) is 11.8 Å². The molecule has 1 spiro atoms. The third kappa shape index (κ3) is 3.12. The number of carbonyl (C=O) groups is 3. The van der Waals surface area contributed by atoms with E-state index in [1.165, 1.54) is 0 Å². The van der Waals surface area contributed by atoms with E-state index in [-0.39, 0.29) is 35.1 Å². The number of thioether (sulfide) groups is 1. The molecule has 3 heterocycles. The molecule has 3 aliphatic heterocycles. The Labute approximate surface area is 171 Å². The molecule has 3 rings (SSSR count). The average Bonchev–Trinajstić information content (AvgIpc) is 3.20. The first-order chi connectivity index (χ1) is 13.3. The van der Waals surface area contributed by atoms with Gasteiger partial charge in [0.25, 0.3) is 0 Å². The van der Waals surface area contributed by atoms with Crippen LogP contribution in [0.3, 0.4) is 0 Å². The van der Waals surface area contributed by atoms with Crippen LogP contribution in [0.25, 0.3) is 0 Å². The topological polar surface area (TPSA) is 98.7 Å². The summed E-state index contributed by atoms with van der Waals surface area (Å²) in [6.45, 7) is 6.43. The van der Waals surface area contributed by atoms with E-state index in [1.807, 2.05) is 6.92 Å². The molecule has 3 fully saturated rings. The van der Waals surface area contributed by atoms with Gasteiger partial charge >= 0.3 is 0 Å². The molecule has 6 atom stereocenters. The van der Waals surface area contributed by atoms with Gasteiger partial charge in [-0.15, -0.1) is 11.8 Å². The Hall–Kier alpha value is -1.28. The number of amides is 3. The maximum absolute atomic E-state index is 13.4. The Morgan fingerprint density at radius 3 is 2.68 bits per heavy atom. The summed E-state index contributed by atoms with van der Waals surface area (Å²) in [6, 6.07) is -0.547. The molecule has 0 aromatic heterocycles. The molecule has 0 aromatic carbocycles. The van der Waals surface area contributed by atoms with Crippen LogP contribution in [0.4, 0.5) is 0 Å². The number of hydrogen-bond donors (Lipinski definition) is 3. The zero-order valence-corrected chi connectivity index (χ0v) is 18.1. The summed E-state index contributed by atoms with van der Waals surface area (Å²) < 4.78 is -0.883. The van der Waals surface area contributed by atoms with E-state index in [9.17, 15) is 19.5 Å². The Balaban J connectivity index is 1.98. The molecule has 3 unspecified atom stereocenters. The average molecular weight is 412 g/mol. The van der Waals surface area contributed by atoms with Crippen LogP contribution >= 0.6 is 11.8 Å². The number of nitrogens with one attached hydrogen (secondary N) is 2. The van der Waals surface area contributed by atoms with Crippen LogP contribution in [0.15, 0.2) is 0 Å². The highest BCUT2D eigenvalue weighted by Crippen LogP contribution is 2.71. The Bertz CT molecular complexity index is 659. The van der Waals surface area contributed by atoms with Crippen molar-refractivity contribution in [3.8, 4) is 0 Å². The third-order valence-corrected chi connectivity index (χ3v) is 8.71. The Morgan fingerprint density at radius 2 is 2.07 bits per heavy atom. The van der Waals surface area contributed by atoms with Gasteiger partial charge in [0.1, 0.15) is 6.04 Å². The zero-order valence-electron chi connectivity index (χ0n) is 17.3. The van der Waals surface area contributed by atoms with Crippen molar-refractivity contribution in [2.75, 3.05) is 20.2 Å². The summed E-state index contributed by atoms with van der Waals surface area (Å²) in [5, 5.41) is 15.1. The number of fused-ring (bicyclic) bond motifs is 1. The lowest BCUT2D eigenvalue weighted by molar-refractivity contribution is -0.140. The second-order valence-corrected chi connectivity index (χ2v) is 10.5. The number of likely N-dealkylation sites (tertiary alicyclic amines) is 1. The first kappa shape index (κ1) is 21.4. The molecular formula is C20H33N3O4S. The maximum Gasteiger partial charge on any atom is 0.244 e. The Kier molecular flexibility index (Phi) is 6.01. The van der Waals surface area contributed by atoms with Crippen LogP contribution in [-0.4, -0.2) is 69.5 Å². The van der Waals surface area contributed by atoms with Crippen molar-refractivity contribution in [1.82, 2.24) is 15.5 Å². The Morgan fingerprint density at radius 1 is 1.36 bits per heavy atom. The van der Waals surface area contributed by atoms with Gasteiger partial charge < -0.3 is 20.6 Å². The minimum Gasteiger partial charge on any atom is -0.396 e. The zero-order chi connectivity index (χ0) is 20.7. The van der Waals surface area contributed by atoms with Crippen molar-refractivity contribution in [2.24, 2.45) is 11.8 Å². The van der Waals surface area contributed by atoms with Gasteiger partial charge in [0.05, 0.1) is 16.6 Å². The number of nitrogens with zero attached hydrogens (tertiary/aromatic N) is 1. The highest BCUT2D eigenvalue weighted by molar-refractivity contribution is 8.02. The lowest BCUT2D eigenvalue weighted by atomic mass is 9.66. The highest BCUT2D eigenvalue weighted by Gasteiger charge is 2.76. The molecule has 0 aliphatic carbocycles. The van der Waals surface area contributed by atoms with Crippen molar-refractivity contribution in [3.05, 3.63) is 0 Å². The van der Waals surface area contributed by atoms with Gasteiger partial charge in [0.15, 0.2) is 0 Å². The van der Waals surface area contributed by atoms with Crippen LogP contribution in [0.5, 0.6) is 0 Å². The SMILES string of the molecule is CCCC(C)NC(=O)C1N(CCCO)C(=O)[C@@H]2[C@@H](C(=O)NC)[C@@]3(C)CCC12S3. The van der Waals surface area contributed by atoms with Crippen molar-refractivity contribution < 1.29 is 19.5 Å². The lowest BCUT2D eigenvalue weighted by Crippen LogP contribution is -2.55. The van der Waals surface area contributed by atoms with E-state index in [0.29, 0.717) is 13.0 Å². The predicted octanol–water partition coefficient (Wildman–Crippen LogP) is 0.901. The summed E-state index contributed by atoms with van der Waals surface area (Å²) in [7, 11) is 1.61. The van der Waals surface area contributed by atoms with Crippen molar-refractivity contribution in [3.63, 3.8) is 0 Å². The molecule has 0 radical (unpaired) electrons. The molecule has 158 valence electrons. The summed E-state index contributed by atoms with van der Waals surface area (Å²) in [4.78, 5) is 41.2. The van der Waals surface area contributed by atoms with E-state index in [0.717, 1.165) is 25.7 Å². The summed E-state index contributed by atoms with van der Waals surface area (Å²) in [6.07, 6.45) is 3.86. The van der Waals surface area contributed by atoms with Gasteiger partial charge in [-0.05, 0) is 39.5 Å². The molecule has 3 amide bonds. The summed E-state index contributed by atoms with van der Waals surface area (Å²) in [5.41, 5.74) is 0. The van der Waals surface area contributed by atoms with E-state index < -0.39 is 22.6 Å². The van der Waals surface area contributed by atoms with Gasteiger partial charge in [0.2, 0.25) is 17.7 Å². The first-order valence-electron chi connectivity index (χ1n) is 10.4. The largest absolute Gasteiger partial charge is 0.396 e. The van der Waals surface area contributed by atoms with E-state index in [1.54, 1.807) is 23.7 Å². The number of hydrogen-bond acceptors (Lipinski definition) is 5. The molecular weight excluding hydrogens is 378 g/mol. The van der Waals surface area contributed by atoms with E-state index in [2.05, 4.69) is 24.5 Å². The normalized spacial score (nSPS) is 37.1. The van der Waals surface area contributed by atoms with Crippen LogP contribution in [0.2, 0.25) is 0 Å². The van der Waals surface area contributed by atoms with Gasteiger partial charge in [-0.1, -0.05) is 13.3 Å². The minimum absolute atomic E-state index is 0.0360. The van der Waals surface area contributed by atoms with E-state index >= 15 is 0 Å². The van der Waals surface area contributed by atoms with Crippen molar-refractivity contribution in [2.45, 2.75) is 74.5 Å². The molecule has 3 N–H and O–H groups in total. The fourth-order valence-electron chi connectivity index (χ4n) is 5.59.